The molecule has 0 aromatic heterocycles. The second-order valence-corrected chi connectivity index (χ2v) is 4.17. The quantitative estimate of drug-likeness (QED) is 0.395. The molecule has 0 saturated carbocycles. The van der Waals surface area contributed by atoms with Crippen LogP contribution in [0.5, 0.6) is 0 Å². The number of hydrogen-bond donors (Lipinski definition) is 2. The number of hydrazine groups is 1. The monoisotopic (exact) mass is 199 g/mol. The molecule has 0 aromatic rings. The van der Waals surface area contributed by atoms with Gasteiger partial charge in [0.05, 0.1) is 6.04 Å². The molecule has 0 aromatic carbocycles. The van der Waals surface area contributed by atoms with Gasteiger partial charge in [-0.1, -0.05) is 13.8 Å². The van der Waals surface area contributed by atoms with E-state index in [4.69, 9.17) is 5.84 Å². The zero-order valence-corrected chi connectivity index (χ0v) is 9.12. The fourth-order valence-corrected chi connectivity index (χ4v) is 2.21. The minimum atomic E-state index is -0.0541. The van der Waals surface area contributed by atoms with Gasteiger partial charge in [0.2, 0.25) is 0 Å². The van der Waals surface area contributed by atoms with Crippen LogP contribution in [0.4, 0.5) is 0 Å². The van der Waals surface area contributed by atoms with Gasteiger partial charge in [-0.2, -0.15) is 0 Å². The Morgan fingerprint density at radius 3 is 2.93 bits per heavy atom. The molecule has 82 valence electrons. The van der Waals surface area contributed by atoms with Crippen molar-refractivity contribution >= 4 is 5.91 Å². The third-order valence-electron chi connectivity index (χ3n) is 2.96. The Bertz CT molecular complexity index is 196. The van der Waals surface area contributed by atoms with Gasteiger partial charge < -0.3 is 0 Å². The summed E-state index contributed by atoms with van der Waals surface area (Å²) in [6.07, 6.45) is 3.29. The van der Waals surface area contributed by atoms with Gasteiger partial charge in [-0.25, -0.2) is 5.84 Å². The first-order chi connectivity index (χ1) is 6.69. The molecule has 1 fully saturated rings. The fourth-order valence-electron chi connectivity index (χ4n) is 2.21. The number of nitrogens with zero attached hydrogens (tertiary/aromatic N) is 1. The zero-order chi connectivity index (χ0) is 10.6. The highest BCUT2D eigenvalue weighted by Gasteiger charge is 2.27. The van der Waals surface area contributed by atoms with E-state index in [2.05, 4.69) is 17.2 Å². The maximum Gasteiger partial charge on any atom is 0.251 e. The minimum Gasteiger partial charge on any atom is -0.293 e. The average molecular weight is 199 g/mol. The van der Waals surface area contributed by atoms with Gasteiger partial charge >= 0.3 is 0 Å². The van der Waals surface area contributed by atoms with Crippen LogP contribution >= 0.6 is 0 Å². The molecule has 0 bridgehead atoms. The van der Waals surface area contributed by atoms with E-state index in [9.17, 15) is 4.79 Å². The predicted octanol–water partition coefficient (Wildman–Crippen LogP) is 0.487. The predicted molar refractivity (Wildman–Crippen MR) is 56.4 cm³/mol. The highest BCUT2D eigenvalue weighted by atomic mass is 16.2. The summed E-state index contributed by atoms with van der Waals surface area (Å²) < 4.78 is 0. The molecule has 1 aliphatic heterocycles. The van der Waals surface area contributed by atoms with Gasteiger partial charge in [-0.05, 0) is 31.7 Å². The maximum atomic E-state index is 11.5. The zero-order valence-electron chi connectivity index (χ0n) is 9.12. The summed E-state index contributed by atoms with van der Waals surface area (Å²) in [6, 6.07) is -0.0391. The highest BCUT2D eigenvalue weighted by Crippen LogP contribution is 2.18. The third-order valence-corrected chi connectivity index (χ3v) is 2.96. The van der Waals surface area contributed by atoms with E-state index >= 15 is 0 Å². The molecule has 2 atom stereocenters. The van der Waals surface area contributed by atoms with Crippen molar-refractivity contribution < 1.29 is 4.79 Å². The van der Waals surface area contributed by atoms with Crippen molar-refractivity contribution in [1.82, 2.24) is 10.3 Å². The van der Waals surface area contributed by atoms with Crippen LogP contribution in [-0.2, 0) is 4.79 Å². The Hall–Kier alpha value is -0.610. The van der Waals surface area contributed by atoms with E-state index in [1.54, 1.807) is 0 Å². The lowest BCUT2D eigenvalue weighted by Crippen LogP contribution is -2.51. The first-order valence-corrected chi connectivity index (χ1v) is 5.43. The molecular weight excluding hydrogens is 178 g/mol. The molecule has 1 rings (SSSR count). The van der Waals surface area contributed by atoms with Crippen molar-refractivity contribution in [2.24, 2.45) is 11.8 Å². The largest absolute Gasteiger partial charge is 0.293 e. The summed E-state index contributed by atoms with van der Waals surface area (Å²) >= 11 is 0. The standard InChI is InChI=1S/C10H21N3O/c1-3-9(10(14)12-11)13-6-4-5-8(2)7-13/h8-9H,3-7,11H2,1-2H3,(H,12,14)/t8-,9+/m0/s1. The van der Waals surface area contributed by atoms with Crippen molar-refractivity contribution in [3.05, 3.63) is 0 Å². The number of carbonyl (C=O) groups excluding carboxylic acids is 1. The van der Waals surface area contributed by atoms with Crippen molar-refractivity contribution in [2.45, 2.75) is 39.2 Å². The van der Waals surface area contributed by atoms with Gasteiger partial charge in [0.25, 0.3) is 5.91 Å². The van der Waals surface area contributed by atoms with E-state index in [0.29, 0.717) is 5.92 Å². The van der Waals surface area contributed by atoms with Crippen LogP contribution < -0.4 is 11.3 Å². The summed E-state index contributed by atoms with van der Waals surface area (Å²) in [5, 5.41) is 0. The number of amides is 1. The van der Waals surface area contributed by atoms with Gasteiger partial charge in [0, 0.05) is 6.54 Å². The van der Waals surface area contributed by atoms with Crippen LogP contribution in [0.15, 0.2) is 0 Å². The number of piperidine rings is 1. The second-order valence-electron chi connectivity index (χ2n) is 4.17. The summed E-state index contributed by atoms with van der Waals surface area (Å²) in [7, 11) is 0. The molecule has 1 heterocycles. The van der Waals surface area contributed by atoms with Gasteiger partial charge in [-0.3, -0.25) is 15.1 Å². The summed E-state index contributed by atoms with van der Waals surface area (Å²) in [5.41, 5.74) is 2.25. The summed E-state index contributed by atoms with van der Waals surface area (Å²) in [5.74, 6) is 5.81. The van der Waals surface area contributed by atoms with Crippen LogP contribution in [0.25, 0.3) is 0 Å². The SMILES string of the molecule is CC[C@H](C(=O)NN)N1CCC[C@H](C)C1. The Labute approximate surface area is 85.8 Å². The molecule has 4 heteroatoms. The van der Waals surface area contributed by atoms with E-state index in [0.717, 1.165) is 19.5 Å². The van der Waals surface area contributed by atoms with Crippen LogP contribution in [0.1, 0.15) is 33.1 Å². The summed E-state index contributed by atoms with van der Waals surface area (Å²) in [6.45, 7) is 6.31. The molecule has 0 unspecified atom stereocenters. The van der Waals surface area contributed by atoms with Crippen LogP contribution in [0, 0.1) is 5.92 Å². The molecule has 14 heavy (non-hydrogen) atoms. The van der Waals surface area contributed by atoms with Crippen molar-refractivity contribution in [3.63, 3.8) is 0 Å². The summed E-state index contributed by atoms with van der Waals surface area (Å²) in [4.78, 5) is 13.7. The van der Waals surface area contributed by atoms with Gasteiger partial charge in [-0.15, -0.1) is 0 Å². The number of hydrogen-bond acceptors (Lipinski definition) is 3. The van der Waals surface area contributed by atoms with E-state index < -0.39 is 0 Å². The second kappa shape index (κ2) is 5.32. The number of nitrogens with one attached hydrogen (secondary N) is 1. The third kappa shape index (κ3) is 2.69. The molecule has 1 aliphatic rings. The lowest BCUT2D eigenvalue weighted by atomic mass is 9.98. The van der Waals surface area contributed by atoms with Crippen molar-refractivity contribution in [1.29, 1.82) is 0 Å². The maximum absolute atomic E-state index is 11.5. The van der Waals surface area contributed by atoms with Crippen LogP contribution in [0.2, 0.25) is 0 Å². The highest BCUT2D eigenvalue weighted by molar-refractivity contribution is 5.81. The van der Waals surface area contributed by atoms with E-state index in [1.807, 2.05) is 6.92 Å². The Balaban J connectivity index is 2.54. The van der Waals surface area contributed by atoms with E-state index in [-0.39, 0.29) is 11.9 Å². The van der Waals surface area contributed by atoms with Gasteiger partial charge in [0.15, 0.2) is 0 Å². The van der Waals surface area contributed by atoms with Crippen LogP contribution in [0.3, 0.4) is 0 Å². The van der Waals surface area contributed by atoms with Crippen LogP contribution in [-0.4, -0.2) is 29.9 Å². The topological polar surface area (TPSA) is 58.4 Å². The Morgan fingerprint density at radius 1 is 1.71 bits per heavy atom. The molecule has 0 radical (unpaired) electrons. The molecule has 4 nitrogen and oxygen atoms in total. The molecule has 1 amide bonds. The first-order valence-electron chi connectivity index (χ1n) is 5.43. The Morgan fingerprint density at radius 2 is 2.43 bits per heavy atom. The normalized spacial score (nSPS) is 25.8. The number of likely N-dealkylation sites (tertiary alicyclic amines) is 1. The smallest absolute Gasteiger partial charge is 0.251 e. The lowest BCUT2D eigenvalue weighted by molar-refractivity contribution is -0.127. The molecule has 0 spiro atoms. The molecular formula is C10H21N3O. The number of rotatable bonds is 3. The molecule has 3 N–H and O–H groups in total. The number of nitrogens with two attached hydrogens (primary N) is 1. The van der Waals surface area contributed by atoms with E-state index in [1.165, 1.54) is 12.8 Å². The lowest BCUT2D eigenvalue weighted by Gasteiger charge is -2.35. The van der Waals surface area contributed by atoms with Gasteiger partial charge in [0.1, 0.15) is 0 Å². The fraction of sp³-hybridized carbons (Fsp3) is 0.900. The first kappa shape index (κ1) is 11.5. The minimum absolute atomic E-state index is 0.0391. The molecule has 1 saturated heterocycles. The van der Waals surface area contributed by atoms with Crippen molar-refractivity contribution in [3.8, 4) is 0 Å². The number of carbonyl (C=O) groups is 1. The average Bonchev–Trinajstić information content (AvgIpc) is 2.19. The van der Waals surface area contributed by atoms with Crippen molar-refractivity contribution in [2.75, 3.05) is 13.1 Å². The Kier molecular flexibility index (Phi) is 4.35. The molecule has 0 aliphatic carbocycles.